The quantitative estimate of drug-likeness (QED) is 0.336. The Kier molecular flexibility index (Phi) is 9.20. The van der Waals surface area contributed by atoms with Crippen LogP contribution < -0.4 is 16.4 Å². The number of amides is 1. The normalized spacial score (nSPS) is 11.4. The predicted octanol–water partition coefficient (Wildman–Crippen LogP) is 2.87. The monoisotopic (exact) mass is 481 g/mol. The van der Waals surface area contributed by atoms with Gasteiger partial charge in [-0.1, -0.05) is 18.2 Å². The number of nitrogens with two attached hydrogens (primary N) is 1. The van der Waals surface area contributed by atoms with Crippen LogP contribution in [0.2, 0.25) is 0 Å². The molecule has 1 aromatic heterocycles. The first-order chi connectivity index (χ1) is 12.3. The Morgan fingerprint density at radius 2 is 1.96 bits per heavy atom. The van der Waals surface area contributed by atoms with Gasteiger partial charge in [-0.25, -0.2) is 4.99 Å². The van der Waals surface area contributed by atoms with Crippen molar-refractivity contribution in [3.05, 3.63) is 65.5 Å². The molecule has 0 unspecified atom stereocenters. The van der Waals surface area contributed by atoms with E-state index in [-0.39, 0.29) is 35.4 Å². The fourth-order valence-electron chi connectivity index (χ4n) is 2.32. The highest BCUT2D eigenvalue weighted by Crippen LogP contribution is 2.09. The van der Waals surface area contributed by atoms with Gasteiger partial charge in [-0.15, -0.1) is 24.0 Å². The summed E-state index contributed by atoms with van der Waals surface area (Å²) in [6, 6.07) is 13.2. The standard InChI is InChI=1S/C20H27N5O.HI/c1-20(2,3)25-18(26)16-8-6-7-15(13-16)14-24-19(21)23-12-10-17-9-4-5-11-22-17;/h4-9,11,13H,10,12,14H2,1-3H3,(H,25,26)(H3,21,23,24);1H. The molecule has 0 fully saturated rings. The number of nitrogens with zero attached hydrogens (tertiary/aromatic N) is 2. The molecule has 2 aromatic rings. The molecular formula is C20H28IN5O. The van der Waals surface area contributed by atoms with Crippen LogP contribution in [0.1, 0.15) is 42.4 Å². The molecular weight excluding hydrogens is 453 g/mol. The fraction of sp³-hybridized carbons (Fsp3) is 0.350. The molecule has 146 valence electrons. The molecule has 0 saturated carbocycles. The summed E-state index contributed by atoms with van der Waals surface area (Å²) in [7, 11) is 0. The number of guanidine groups is 1. The number of hydrogen-bond donors (Lipinski definition) is 3. The first-order valence-electron chi connectivity index (χ1n) is 8.69. The Balaban J connectivity index is 0.00000364. The Morgan fingerprint density at radius 3 is 2.63 bits per heavy atom. The summed E-state index contributed by atoms with van der Waals surface area (Å²) in [5.74, 6) is 0.287. The molecule has 4 N–H and O–H groups in total. The SMILES string of the molecule is CC(C)(C)NC(=O)c1cccc(CN=C(N)NCCc2ccccn2)c1.I. The van der Waals surface area contributed by atoms with Crippen LogP contribution in [0.4, 0.5) is 0 Å². The first kappa shape index (κ1) is 22.9. The third-order valence-electron chi connectivity index (χ3n) is 3.52. The van der Waals surface area contributed by atoms with Gasteiger partial charge in [-0.2, -0.15) is 0 Å². The number of hydrogen-bond acceptors (Lipinski definition) is 3. The zero-order valence-electron chi connectivity index (χ0n) is 16.0. The van der Waals surface area contributed by atoms with Crippen LogP contribution in [-0.4, -0.2) is 28.9 Å². The van der Waals surface area contributed by atoms with Crippen molar-refractivity contribution in [3.63, 3.8) is 0 Å². The van der Waals surface area contributed by atoms with Crippen molar-refractivity contribution in [2.45, 2.75) is 39.3 Å². The highest BCUT2D eigenvalue weighted by atomic mass is 127. The molecule has 0 aliphatic rings. The van der Waals surface area contributed by atoms with Crippen molar-refractivity contribution in [3.8, 4) is 0 Å². The molecule has 1 heterocycles. The summed E-state index contributed by atoms with van der Waals surface area (Å²) in [5, 5.41) is 6.03. The van der Waals surface area contributed by atoms with Gasteiger partial charge >= 0.3 is 0 Å². The summed E-state index contributed by atoms with van der Waals surface area (Å²) in [6.07, 6.45) is 2.55. The van der Waals surface area contributed by atoms with Crippen molar-refractivity contribution < 1.29 is 4.79 Å². The topological polar surface area (TPSA) is 92.4 Å². The number of aliphatic imine (C=N–C) groups is 1. The summed E-state index contributed by atoms with van der Waals surface area (Å²) in [5.41, 5.74) is 8.19. The molecule has 0 aliphatic carbocycles. The molecule has 7 heteroatoms. The van der Waals surface area contributed by atoms with Gasteiger partial charge < -0.3 is 16.4 Å². The van der Waals surface area contributed by atoms with E-state index in [1.807, 2.05) is 57.2 Å². The van der Waals surface area contributed by atoms with Gasteiger partial charge in [-0.3, -0.25) is 9.78 Å². The molecule has 6 nitrogen and oxygen atoms in total. The summed E-state index contributed by atoms with van der Waals surface area (Å²) < 4.78 is 0. The van der Waals surface area contributed by atoms with Gasteiger partial charge in [0.2, 0.25) is 0 Å². The second-order valence-corrected chi connectivity index (χ2v) is 7.10. The molecule has 0 saturated heterocycles. The first-order valence-corrected chi connectivity index (χ1v) is 8.69. The summed E-state index contributed by atoms with van der Waals surface area (Å²) in [4.78, 5) is 20.8. The van der Waals surface area contributed by atoms with E-state index in [2.05, 4.69) is 20.6 Å². The molecule has 2 rings (SSSR count). The van der Waals surface area contributed by atoms with Crippen molar-refractivity contribution in [2.24, 2.45) is 10.7 Å². The minimum atomic E-state index is -0.271. The van der Waals surface area contributed by atoms with Crippen LogP contribution in [0.15, 0.2) is 53.7 Å². The van der Waals surface area contributed by atoms with Gasteiger partial charge in [0.1, 0.15) is 0 Å². The third kappa shape index (κ3) is 8.85. The number of rotatable bonds is 6. The average Bonchev–Trinajstić information content (AvgIpc) is 2.60. The van der Waals surface area contributed by atoms with Crippen molar-refractivity contribution in [1.82, 2.24) is 15.6 Å². The second kappa shape index (κ2) is 10.9. The average molecular weight is 481 g/mol. The van der Waals surface area contributed by atoms with Crippen LogP contribution in [0.25, 0.3) is 0 Å². The lowest BCUT2D eigenvalue weighted by Crippen LogP contribution is -2.40. The second-order valence-electron chi connectivity index (χ2n) is 7.10. The molecule has 0 atom stereocenters. The number of benzene rings is 1. The van der Waals surface area contributed by atoms with Gasteiger partial charge in [-0.05, 0) is 50.6 Å². The van der Waals surface area contributed by atoms with E-state index in [0.29, 0.717) is 24.6 Å². The van der Waals surface area contributed by atoms with E-state index in [1.165, 1.54) is 0 Å². The largest absolute Gasteiger partial charge is 0.370 e. The Labute approximate surface area is 178 Å². The number of halogens is 1. The number of carbonyl (C=O) groups is 1. The van der Waals surface area contributed by atoms with Crippen molar-refractivity contribution in [1.29, 1.82) is 0 Å². The number of aromatic nitrogens is 1. The number of nitrogens with one attached hydrogen (secondary N) is 2. The number of pyridine rings is 1. The zero-order chi connectivity index (χ0) is 19.0. The van der Waals surface area contributed by atoms with Crippen LogP contribution >= 0.6 is 24.0 Å². The van der Waals surface area contributed by atoms with Gasteiger partial charge in [0.25, 0.3) is 5.91 Å². The molecule has 0 bridgehead atoms. The highest BCUT2D eigenvalue weighted by molar-refractivity contribution is 14.0. The lowest BCUT2D eigenvalue weighted by atomic mass is 10.1. The molecule has 0 spiro atoms. The smallest absolute Gasteiger partial charge is 0.251 e. The van der Waals surface area contributed by atoms with E-state index in [0.717, 1.165) is 17.7 Å². The van der Waals surface area contributed by atoms with Crippen LogP contribution in [0.5, 0.6) is 0 Å². The maximum absolute atomic E-state index is 12.2. The van der Waals surface area contributed by atoms with E-state index in [4.69, 9.17) is 5.73 Å². The van der Waals surface area contributed by atoms with E-state index >= 15 is 0 Å². The van der Waals surface area contributed by atoms with Crippen LogP contribution in [-0.2, 0) is 13.0 Å². The molecule has 1 aromatic carbocycles. The van der Waals surface area contributed by atoms with Gasteiger partial charge in [0.15, 0.2) is 5.96 Å². The number of carbonyl (C=O) groups excluding carboxylic acids is 1. The van der Waals surface area contributed by atoms with Crippen molar-refractivity contribution in [2.75, 3.05) is 6.54 Å². The minimum absolute atomic E-state index is 0. The molecule has 1 amide bonds. The Morgan fingerprint density at radius 1 is 1.19 bits per heavy atom. The Bertz CT molecular complexity index is 756. The van der Waals surface area contributed by atoms with E-state index < -0.39 is 0 Å². The van der Waals surface area contributed by atoms with Gasteiger partial charge in [0, 0.05) is 36.0 Å². The highest BCUT2D eigenvalue weighted by Gasteiger charge is 2.15. The maximum Gasteiger partial charge on any atom is 0.251 e. The summed E-state index contributed by atoms with van der Waals surface area (Å²) >= 11 is 0. The molecule has 0 aliphatic heterocycles. The lowest BCUT2D eigenvalue weighted by molar-refractivity contribution is 0.0919. The van der Waals surface area contributed by atoms with Crippen LogP contribution in [0.3, 0.4) is 0 Å². The third-order valence-corrected chi connectivity index (χ3v) is 3.52. The van der Waals surface area contributed by atoms with Crippen LogP contribution in [0, 0.1) is 0 Å². The zero-order valence-corrected chi connectivity index (χ0v) is 18.4. The van der Waals surface area contributed by atoms with E-state index in [9.17, 15) is 4.79 Å². The molecule has 0 radical (unpaired) electrons. The minimum Gasteiger partial charge on any atom is -0.370 e. The summed E-state index contributed by atoms with van der Waals surface area (Å²) in [6.45, 7) is 6.95. The predicted molar refractivity (Wildman–Crippen MR) is 120 cm³/mol. The van der Waals surface area contributed by atoms with Gasteiger partial charge in [0.05, 0.1) is 6.54 Å². The van der Waals surface area contributed by atoms with Crippen molar-refractivity contribution >= 4 is 35.8 Å². The lowest BCUT2D eigenvalue weighted by Gasteiger charge is -2.20. The molecule has 27 heavy (non-hydrogen) atoms. The maximum atomic E-state index is 12.2. The fourth-order valence-corrected chi connectivity index (χ4v) is 2.32. The Hall–Kier alpha value is -2.16. The van der Waals surface area contributed by atoms with E-state index in [1.54, 1.807) is 12.3 Å².